The van der Waals surface area contributed by atoms with Crippen LogP contribution in [0.15, 0.2) is 24.3 Å². The van der Waals surface area contributed by atoms with Gasteiger partial charge in [0.05, 0.1) is 5.54 Å². The second-order valence-electron chi connectivity index (χ2n) is 5.93. The van der Waals surface area contributed by atoms with Crippen molar-refractivity contribution < 1.29 is 4.39 Å². The van der Waals surface area contributed by atoms with E-state index in [0.29, 0.717) is 12.6 Å². The lowest BCUT2D eigenvalue weighted by atomic mass is 9.81. The fourth-order valence-corrected chi connectivity index (χ4v) is 3.37. The Morgan fingerprint density at radius 3 is 2.55 bits per heavy atom. The van der Waals surface area contributed by atoms with E-state index in [-0.39, 0.29) is 11.4 Å². The Hall–Kier alpha value is -1.13. The highest BCUT2D eigenvalue weighted by Crippen LogP contribution is 2.34. The monoisotopic (exact) mass is 279 g/mol. The number of hydrogen-bond donors (Lipinski definition) is 1. The normalized spacial score (nSPS) is 27.6. The molecule has 2 atom stereocenters. The minimum atomic E-state index is -0.191. The first-order valence-corrected chi connectivity index (χ1v) is 7.46. The van der Waals surface area contributed by atoms with Crippen molar-refractivity contribution in [2.45, 2.75) is 38.3 Å². The first-order chi connectivity index (χ1) is 9.52. The first-order valence-electron chi connectivity index (χ1n) is 7.46. The summed E-state index contributed by atoms with van der Waals surface area (Å²) in [5, 5.41) is 0. The minimum Gasteiger partial charge on any atom is -0.365 e. The lowest BCUT2D eigenvalue weighted by Gasteiger charge is -2.51. The first kappa shape index (κ1) is 15.3. The lowest BCUT2D eigenvalue weighted by Crippen LogP contribution is -2.61. The van der Waals surface area contributed by atoms with Crippen molar-refractivity contribution in [3.05, 3.63) is 30.1 Å². The van der Waals surface area contributed by atoms with Crippen molar-refractivity contribution in [3.8, 4) is 0 Å². The van der Waals surface area contributed by atoms with Gasteiger partial charge in [0.1, 0.15) is 5.82 Å². The molecule has 0 amide bonds. The molecule has 0 aliphatic carbocycles. The predicted octanol–water partition coefficient (Wildman–Crippen LogP) is 2.46. The summed E-state index contributed by atoms with van der Waals surface area (Å²) in [5.41, 5.74) is 7.21. The van der Waals surface area contributed by atoms with Gasteiger partial charge >= 0.3 is 0 Å². The number of benzene rings is 1. The van der Waals surface area contributed by atoms with Crippen LogP contribution in [-0.2, 0) is 0 Å². The Kier molecular flexibility index (Phi) is 4.66. The molecule has 2 unspecified atom stereocenters. The van der Waals surface area contributed by atoms with Gasteiger partial charge in [-0.05, 0) is 58.0 Å². The number of hydrogen-bond acceptors (Lipinski definition) is 3. The van der Waals surface area contributed by atoms with Crippen molar-refractivity contribution in [2.24, 2.45) is 5.73 Å². The lowest BCUT2D eigenvalue weighted by molar-refractivity contribution is 0.130. The highest BCUT2D eigenvalue weighted by molar-refractivity contribution is 5.49. The smallest absolute Gasteiger partial charge is 0.123 e. The number of halogens is 1. The van der Waals surface area contributed by atoms with Gasteiger partial charge < -0.3 is 15.5 Å². The standard InChI is InChI=1S/C16H26FN3/c1-4-20(15-7-5-14(17)6-8-15)16(12-18)9-10-19(3)13(2)11-16/h5-8,13H,4,9-12,18H2,1-3H3. The Labute approximate surface area is 121 Å². The van der Waals surface area contributed by atoms with Crippen LogP contribution in [0.25, 0.3) is 0 Å². The van der Waals surface area contributed by atoms with E-state index in [0.717, 1.165) is 31.6 Å². The number of likely N-dealkylation sites (tertiary alicyclic amines) is 1. The van der Waals surface area contributed by atoms with Crippen molar-refractivity contribution in [1.29, 1.82) is 0 Å². The molecule has 2 N–H and O–H groups in total. The molecule has 0 bridgehead atoms. The molecule has 4 heteroatoms. The van der Waals surface area contributed by atoms with E-state index in [9.17, 15) is 4.39 Å². The van der Waals surface area contributed by atoms with Crippen LogP contribution in [0.3, 0.4) is 0 Å². The van der Waals surface area contributed by atoms with Crippen LogP contribution >= 0.6 is 0 Å². The van der Waals surface area contributed by atoms with Gasteiger partial charge in [-0.1, -0.05) is 0 Å². The second-order valence-corrected chi connectivity index (χ2v) is 5.93. The summed E-state index contributed by atoms with van der Waals surface area (Å²) >= 11 is 0. The predicted molar refractivity (Wildman–Crippen MR) is 82.5 cm³/mol. The number of nitrogens with zero attached hydrogens (tertiary/aromatic N) is 2. The number of likely N-dealkylation sites (N-methyl/N-ethyl adjacent to an activating group) is 1. The third-order valence-corrected chi connectivity index (χ3v) is 4.76. The van der Waals surface area contributed by atoms with Gasteiger partial charge in [-0.15, -0.1) is 0 Å². The Bertz CT molecular complexity index is 434. The highest BCUT2D eigenvalue weighted by atomic mass is 19.1. The zero-order chi connectivity index (χ0) is 14.8. The highest BCUT2D eigenvalue weighted by Gasteiger charge is 2.40. The fraction of sp³-hybridized carbons (Fsp3) is 0.625. The maximum absolute atomic E-state index is 13.1. The summed E-state index contributed by atoms with van der Waals surface area (Å²) in [7, 11) is 2.17. The van der Waals surface area contributed by atoms with Crippen LogP contribution in [0, 0.1) is 5.82 Å². The summed E-state index contributed by atoms with van der Waals surface area (Å²) in [6, 6.07) is 7.29. The third kappa shape index (κ3) is 2.81. The summed E-state index contributed by atoms with van der Waals surface area (Å²) in [6.07, 6.45) is 2.10. The molecular formula is C16H26FN3. The van der Waals surface area contributed by atoms with Crippen molar-refractivity contribution in [3.63, 3.8) is 0 Å². The van der Waals surface area contributed by atoms with Gasteiger partial charge in [0, 0.05) is 31.4 Å². The van der Waals surface area contributed by atoms with Gasteiger partial charge in [-0.2, -0.15) is 0 Å². The Morgan fingerprint density at radius 1 is 1.40 bits per heavy atom. The average Bonchev–Trinajstić information content (AvgIpc) is 2.45. The van der Waals surface area contributed by atoms with Crippen molar-refractivity contribution in [2.75, 3.05) is 31.6 Å². The molecule has 0 aromatic heterocycles. The maximum Gasteiger partial charge on any atom is 0.123 e. The van der Waals surface area contributed by atoms with Gasteiger partial charge in [0.15, 0.2) is 0 Å². The fourth-order valence-electron chi connectivity index (χ4n) is 3.37. The molecule has 112 valence electrons. The molecule has 1 saturated heterocycles. The molecule has 0 radical (unpaired) electrons. The third-order valence-electron chi connectivity index (χ3n) is 4.76. The van der Waals surface area contributed by atoms with Gasteiger partial charge in [-0.25, -0.2) is 4.39 Å². The molecule has 3 nitrogen and oxygen atoms in total. The molecule has 1 heterocycles. The van der Waals surface area contributed by atoms with Gasteiger partial charge in [0.2, 0.25) is 0 Å². The number of rotatable bonds is 4. The maximum atomic E-state index is 13.1. The summed E-state index contributed by atoms with van der Waals surface area (Å²) in [6.45, 7) is 6.97. The van der Waals surface area contributed by atoms with E-state index in [4.69, 9.17) is 5.73 Å². The van der Waals surface area contributed by atoms with Crippen LogP contribution in [0.5, 0.6) is 0 Å². The molecule has 0 saturated carbocycles. The average molecular weight is 279 g/mol. The summed E-state index contributed by atoms with van der Waals surface area (Å²) in [5.74, 6) is -0.191. The molecule has 1 aromatic carbocycles. The van der Waals surface area contributed by atoms with Gasteiger partial charge in [0.25, 0.3) is 0 Å². The second kappa shape index (κ2) is 6.10. The van der Waals surface area contributed by atoms with Gasteiger partial charge in [-0.3, -0.25) is 0 Å². The van der Waals surface area contributed by atoms with Crippen LogP contribution in [0.4, 0.5) is 10.1 Å². The number of piperidine rings is 1. The molecule has 1 aromatic rings. The summed E-state index contributed by atoms with van der Waals surface area (Å²) in [4.78, 5) is 4.74. The van der Waals surface area contributed by atoms with Crippen LogP contribution < -0.4 is 10.6 Å². The number of nitrogens with two attached hydrogens (primary N) is 1. The molecule has 2 rings (SSSR count). The van der Waals surface area contributed by atoms with E-state index in [1.165, 1.54) is 12.1 Å². The van der Waals surface area contributed by atoms with E-state index < -0.39 is 0 Å². The molecule has 1 aliphatic heterocycles. The van der Waals surface area contributed by atoms with E-state index >= 15 is 0 Å². The SMILES string of the molecule is CCN(c1ccc(F)cc1)C1(CN)CCN(C)C(C)C1. The number of anilines is 1. The summed E-state index contributed by atoms with van der Waals surface area (Å²) < 4.78 is 13.1. The molecule has 1 fully saturated rings. The largest absolute Gasteiger partial charge is 0.365 e. The van der Waals surface area contributed by atoms with E-state index in [1.54, 1.807) is 0 Å². The quantitative estimate of drug-likeness (QED) is 0.919. The molecule has 20 heavy (non-hydrogen) atoms. The van der Waals surface area contributed by atoms with Crippen LogP contribution in [-0.4, -0.2) is 43.2 Å². The van der Waals surface area contributed by atoms with E-state index in [2.05, 4.69) is 30.7 Å². The Balaban J connectivity index is 2.30. The molecule has 1 aliphatic rings. The topological polar surface area (TPSA) is 32.5 Å². The van der Waals surface area contributed by atoms with Crippen molar-refractivity contribution >= 4 is 5.69 Å². The molecule has 0 spiro atoms. The van der Waals surface area contributed by atoms with E-state index in [1.807, 2.05) is 12.1 Å². The zero-order valence-electron chi connectivity index (χ0n) is 12.8. The van der Waals surface area contributed by atoms with Crippen molar-refractivity contribution in [1.82, 2.24) is 4.90 Å². The zero-order valence-corrected chi connectivity index (χ0v) is 12.8. The van der Waals surface area contributed by atoms with Crippen LogP contribution in [0.1, 0.15) is 26.7 Å². The Morgan fingerprint density at radius 2 is 2.05 bits per heavy atom. The molecular weight excluding hydrogens is 253 g/mol. The van der Waals surface area contributed by atoms with Crippen LogP contribution in [0.2, 0.25) is 0 Å². The minimum absolute atomic E-state index is 0.0154.